The van der Waals surface area contributed by atoms with E-state index in [2.05, 4.69) is 16.9 Å². The molecule has 0 aliphatic carbocycles. The summed E-state index contributed by atoms with van der Waals surface area (Å²) in [6.45, 7) is 12.8. The number of fused-ring (bicyclic) bond motifs is 1. The predicted octanol–water partition coefficient (Wildman–Crippen LogP) is 4.53. The zero-order valence-corrected chi connectivity index (χ0v) is 22.1. The molecule has 0 spiro atoms. The molecule has 0 N–H and O–H groups in total. The number of amides is 2. The summed E-state index contributed by atoms with van der Waals surface area (Å²) in [5.41, 5.74) is 3.75. The van der Waals surface area contributed by atoms with Gasteiger partial charge in [0.25, 0.3) is 5.91 Å². The Morgan fingerprint density at radius 3 is 2.32 bits per heavy atom. The van der Waals surface area contributed by atoms with Crippen LogP contribution in [0.15, 0.2) is 48.8 Å². The number of aromatic nitrogens is 3. The SMILES string of the molecule is Cc1ccc(N2C[C@H](C)n3ncc(-c4ccc(N5CCN(C(=O)OC(C)(C)C)CC5)nc4)c3C2=O)cc1. The van der Waals surface area contributed by atoms with E-state index in [1.807, 2.05) is 73.7 Å². The quantitative estimate of drug-likeness (QED) is 0.523. The molecule has 0 unspecified atom stereocenters. The third-order valence-corrected chi connectivity index (χ3v) is 6.77. The summed E-state index contributed by atoms with van der Waals surface area (Å²) in [6, 6.07) is 12.0. The number of ether oxygens (including phenoxy) is 1. The van der Waals surface area contributed by atoms with Crippen LogP contribution in [0.25, 0.3) is 11.1 Å². The Kier molecular flexibility index (Phi) is 6.39. The molecule has 9 heteroatoms. The molecule has 4 heterocycles. The molecule has 2 aliphatic heterocycles. The zero-order chi connectivity index (χ0) is 26.3. The summed E-state index contributed by atoms with van der Waals surface area (Å²) < 4.78 is 7.32. The van der Waals surface area contributed by atoms with Crippen molar-refractivity contribution in [3.8, 4) is 11.1 Å². The van der Waals surface area contributed by atoms with E-state index in [-0.39, 0.29) is 18.0 Å². The number of benzene rings is 1. The number of rotatable bonds is 3. The van der Waals surface area contributed by atoms with Crippen molar-refractivity contribution < 1.29 is 14.3 Å². The van der Waals surface area contributed by atoms with Gasteiger partial charge < -0.3 is 19.4 Å². The Morgan fingerprint density at radius 1 is 1.00 bits per heavy atom. The van der Waals surface area contributed by atoms with Crippen LogP contribution in [0.1, 0.15) is 49.8 Å². The molecular formula is C28H34N6O3. The number of aryl methyl sites for hydroxylation is 1. The fourth-order valence-electron chi connectivity index (χ4n) is 4.80. The molecule has 5 rings (SSSR count). The molecule has 1 fully saturated rings. The summed E-state index contributed by atoms with van der Waals surface area (Å²) in [4.78, 5) is 36.4. The van der Waals surface area contributed by atoms with Crippen molar-refractivity contribution in [3.63, 3.8) is 0 Å². The van der Waals surface area contributed by atoms with Crippen molar-refractivity contribution in [2.45, 2.75) is 46.3 Å². The summed E-state index contributed by atoms with van der Waals surface area (Å²) in [5, 5.41) is 4.55. The average molecular weight is 503 g/mol. The van der Waals surface area contributed by atoms with Crippen LogP contribution in [0.2, 0.25) is 0 Å². The molecule has 194 valence electrons. The minimum atomic E-state index is -0.505. The first-order chi connectivity index (χ1) is 17.6. The maximum absolute atomic E-state index is 13.6. The number of carbonyl (C=O) groups excluding carboxylic acids is 2. The van der Waals surface area contributed by atoms with Gasteiger partial charge in [-0.25, -0.2) is 9.78 Å². The normalized spacial score (nSPS) is 18.1. The lowest BCUT2D eigenvalue weighted by Gasteiger charge is -2.36. The fraction of sp³-hybridized carbons (Fsp3) is 0.429. The molecule has 3 aromatic rings. The Labute approximate surface area is 217 Å². The topological polar surface area (TPSA) is 83.8 Å². The van der Waals surface area contributed by atoms with Crippen LogP contribution in [0, 0.1) is 6.92 Å². The highest BCUT2D eigenvalue weighted by molar-refractivity contribution is 6.09. The fourth-order valence-corrected chi connectivity index (χ4v) is 4.80. The van der Waals surface area contributed by atoms with E-state index in [0.717, 1.165) is 28.2 Å². The monoisotopic (exact) mass is 502 g/mol. The van der Waals surface area contributed by atoms with Crippen LogP contribution in [0.3, 0.4) is 0 Å². The third-order valence-electron chi connectivity index (χ3n) is 6.77. The highest BCUT2D eigenvalue weighted by Crippen LogP contribution is 2.33. The van der Waals surface area contributed by atoms with Crippen LogP contribution in [-0.2, 0) is 4.74 Å². The number of anilines is 2. The number of carbonyl (C=O) groups is 2. The summed E-state index contributed by atoms with van der Waals surface area (Å²) in [7, 11) is 0. The van der Waals surface area contributed by atoms with E-state index in [1.165, 1.54) is 0 Å². The minimum Gasteiger partial charge on any atom is -0.444 e. The van der Waals surface area contributed by atoms with E-state index in [1.54, 1.807) is 17.3 Å². The molecule has 2 amide bonds. The molecule has 1 aromatic carbocycles. The van der Waals surface area contributed by atoms with Gasteiger partial charge in [0.1, 0.15) is 17.1 Å². The second-order valence-corrected chi connectivity index (χ2v) is 10.8. The summed E-state index contributed by atoms with van der Waals surface area (Å²) in [6.07, 6.45) is 3.29. The maximum atomic E-state index is 13.6. The number of nitrogens with zero attached hydrogens (tertiary/aromatic N) is 6. The molecule has 0 radical (unpaired) electrons. The Balaban J connectivity index is 1.31. The van der Waals surface area contributed by atoms with Crippen molar-refractivity contribution in [1.29, 1.82) is 0 Å². The highest BCUT2D eigenvalue weighted by Gasteiger charge is 2.34. The van der Waals surface area contributed by atoms with Gasteiger partial charge in [0, 0.05) is 55.7 Å². The second kappa shape index (κ2) is 9.53. The molecule has 9 nitrogen and oxygen atoms in total. The van der Waals surface area contributed by atoms with Gasteiger partial charge in [-0.1, -0.05) is 17.7 Å². The lowest BCUT2D eigenvalue weighted by atomic mass is 10.0. The van der Waals surface area contributed by atoms with Crippen LogP contribution in [0.5, 0.6) is 0 Å². The molecule has 2 aliphatic rings. The van der Waals surface area contributed by atoms with Gasteiger partial charge in [-0.05, 0) is 58.9 Å². The Hall–Kier alpha value is -3.88. The standard InChI is InChI=1S/C28H34N6O3/c1-19-6-9-22(10-7-19)33-18-20(2)34-25(26(33)35)23(17-30-34)21-8-11-24(29-16-21)31-12-14-32(15-13-31)27(36)37-28(3,4)5/h6-11,16-17,20H,12-15,18H2,1-5H3/t20-/m0/s1. The molecule has 1 saturated heterocycles. The van der Waals surface area contributed by atoms with Crippen molar-refractivity contribution in [2.24, 2.45) is 0 Å². The Bertz CT molecular complexity index is 1280. The van der Waals surface area contributed by atoms with Crippen molar-refractivity contribution in [3.05, 3.63) is 60.0 Å². The lowest BCUT2D eigenvalue weighted by Crippen LogP contribution is -2.50. The lowest BCUT2D eigenvalue weighted by molar-refractivity contribution is 0.0240. The molecule has 0 saturated carbocycles. The van der Waals surface area contributed by atoms with Crippen LogP contribution in [0.4, 0.5) is 16.3 Å². The summed E-state index contributed by atoms with van der Waals surface area (Å²) >= 11 is 0. The van der Waals surface area contributed by atoms with Gasteiger partial charge in [-0.2, -0.15) is 5.10 Å². The van der Waals surface area contributed by atoms with Gasteiger partial charge in [-0.15, -0.1) is 0 Å². The average Bonchev–Trinajstić information content (AvgIpc) is 3.32. The van der Waals surface area contributed by atoms with Gasteiger partial charge in [0.15, 0.2) is 0 Å². The van der Waals surface area contributed by atoms with E-state index in [0.29, 0.717) is 38.4 Å². The first-order valence-corrected chi connectivity index (χ1v) is 12.8. The van der Waals surface area contributed by atoms with Crippen molar-refractivity contribution in [2.75, 3.05) is 42.5 Å². The number of piperazine rings is 1. The number of hydrogen-bond donors (Lipinski definition) is 0. The molecule has 0 bridgehead atoms. The molecule has 2 aromatic heterocycles. The third kappa shape index (κ3) is 5.03. The van der Waals surface area contributed by atoms with E-state index in [4.69, 9.17) is 9.72 Å². The second-order valence-electron chi connectivity index (χ2n) is 10.8. The minimum absolute atomic E-state index is 0.0521. The zero-order valence-electron chi connectivity index (χ0n) is 22.1. The first-order valence-electron chi connectivity index (χ1n) is 12.8. The van der Waals surface area contributed by atoms with Gasteiger partial charge >= 0.3 is 6.09 Å². The van der Waals surface area contributed by atoms with Crippen LogP contribution < -0.4 is 9.80 Å². The smallest absolute Gasteiger partial charge is 0.410 e. The maximum Gasteiger partial charge on any atom is 0.410 e. The number of pyridine rings is 1. The van der Waals surface area contributed by atoms with Gasteiger partial charge in [0.2, 0.25) is 0 Å². The summed E-state index contributed by atoms with van der Waals surface area (Å²) in [5.74, 6) is 0.784. The van der Waals surface area contributed by atoms with Crippen LogP contribution in [-0.4, -0.2) is 70.0 Å². The Morgan fingerprint density at radius 2 is 1.70 bits per heavy atom. The van der Waals surface area contributed by atoms with Gasteiger partial charge in [-0.3, -0.25) is 9.48 Å². The largest absolute Gasteiger partial charge is 0.444 e. The van der Waals surface area contributed by atoms with Crippen LogP contribution >= 0.6 is 0 Å². The van der Waals surface area contributed by atoms with E-state index >= 15 is 0 Å². The molecule has 37 heavy (non-hydrogen) atoms. The number of hydrogen-bond acceptors (Lipinski definition) is 6. The van der Waals surface area contributed by atoms with E-state index < -0.39 is 5.60 Å². The first kappa shape index (κ1) is 24.8. The van der Waals surface area contributed by atoms with Crippen molar-refractivity contribution in [1.82, 2.24) is 19.7 Å². The predicted molar refractivity (Wildman–Crippen MR) is 143 cm³/mol. The highest BCUT2D eigenvalue weighted by atomic mass is 16.6. The van der Waals surface area contributed by atoms with E-state index in [9.17, 15) is 9.59 Å². The van der Waals surface area contributed by atoms with Gasteiger partial charge in [0.05, 0.1) is 12.2 Å². The molecule has 1 atom stereocenters. The molecular weight excluding hydrogens is 468 g/mol. The van der Waals surface area contributed by atoms with Crippen molar-refractivity contribution >= 4 is 23.5 Å².